The summed E-state index contributed by atoms with van der Waals surface area (Å²) in [6.45, 7) is 0. The zero-order chi connectivity index (χ0) is 14.3. The fourth-order valence-corrected chi connectivity index (χ4v) is 1.31. The van der Waals surface area contributed by atoms with Crippen LogP contribution < -0.4 is 5.73 Å². The van der Waals surface area contributed by atoms with Crippen molar-refractivity contribution in [3.8, 4) is 17.5 Å². The molecule has 0 radical (unpaired) electrons. The van der Waals surface area contributed by atoms with Gasteiger partial charge in [-0.3, -0.25) is 0 Å². The van der Waals surface area contributed by atoms with Gasteiger partial charge in [0.2, 0.25) is 23.3 Å². The maximum absolute atomic E-state index is 13.4. The molecule has 9 heteroatoms. The summed E-state index contributed by atoms with van der Waals surface area (Å²) < 4.78 is 70.0. The molecule has 1 aromatic heterocycles. The number of nitrogens with zero attached hydrogens (tertiary/aromatic N) is 2. The number of aromatic nitrogens is 1. The second kappa shape index (κ2) is 4.24. The molecule has 0 aliphatic heterocycles. The van der Waals surface area contributed by atoms with Crippen molar-refractivity contribution in [1.82, 2.24) is 4.98 Å². The average molecular weight is 275 g/mol. The summed E-state index contributed by atoms with van der Waals surface area (Å²) in [5.74, 6) is -12.4. The van der Waals surface area contributed by atoms with Gasteiger partial charge < -0.3 is 10.2 Å². The monoisotopic (exact) mass is 275 g/mol. The van der Waals surface area contributed by atoms with Gasteiger partial charge in [-0.15, -0.1) is 0 Å². The minimum absolute atomic E-state index is 0.529. The van der Waals surface area contributed by atoms with Gasteiger partial charge >= 0.3 is 0 Å². The second-order valence-electron chi connectivity index (χ2n) is 3.29. The predicted molar refractivity (Wildman–Crippen MR) is 50.9 cm³/mol. The first-order chi connectivity index (χ1) is 8.88. The van der Waals surface area contributed by atoms with Crippen molar-refractivity contribution in [3.63, 3.8) is 0 Å². The van der Waals surface area contributed by atoms with Crippen molar-refractivity contribution in [2.24, 2.45) is 0 Å². The van der Waals surface area contributed by atoms with Gasteiger partial charge in [-0.05, 0) is 0 Å². The van der Waals surface area contributed by atoms with Crippen LogP contribution in [0.5, 0.6) is 0 Å². The number of halogens is 5. The molecule has 2 N–H and O–H groups in total. The van der Waals surface area contributed by atoms with Crippen LogP contribution in [0, 0.1) is 40.4 Å². The number of anilines is 1. The molecule has 0 fully saturated rings. The lowest BCUT2D eigenvalue weighted by molar-refractivity contribution is 0.378. The molecule has 2 aromatic rings. The smallest absolute Gasteiger partial charge is 0.236 e. The quantitative estimate of drug-likeness (QED) is 0.493. The van der Waals surface area contributed by atoms with Gasteiger partial charge in [0.15, 0.2) is 23.3 Å². The number of hydrogen-bond acceptors (Lipinski definition) is 4. The fourth-order valence-electron chi connectivity index (χ4n) is 1.31. The van der Waals surface area contributed by atoms with Crippen molar-refractivity contribution < 1.29 is 26.4 Å². The summed E-state index contributed by atoms with van der Waals surface area (Å²) in [6, 6.07) is 1.43. The van der Waals surface area contributed by atoms with Crippen LogP contribution in [-0.2, 0) is 0 Å². The number of nitrogens with two attached hydrogens (primary N) is 1. The molecule has 1 aromatic carbocycles. The number of nitrogen functional groups attached to an aromatic ring is 1. The maximum Gasteiger partial charge on any atom is 0.236 e. The Balaban J connectivity index is 2.79. The molecule has 0 aliphatic carbocycles. The zero-order valence-electron chi connectivity index (χ0n) is 8.77. The highest BCUT2D eigenvalue weighted by molar-refractivity contribution is 5.59. The molecule has 1 heterocycles. The molecular formula is C10H2F5N3O. The molecule has 4 nitrogen and oxygen atoms in total. The van der Waals surface area contributed by atoms with Crippen LogP contribution in [0.15, 0.2) is 4.42 Å². The van der Waals surface area contributed by atoms with E-state index in [1.54, 1.807) is 0 Å². The lowest BCUT2D eigenvalue weighted by atomic mass is 10.1. The Kier molecular flexibility index (Phi) is 2.86. The second-order valence-corrected chi connectivity index (χ2v) is 3.29. The van der Waals surface area contributed by atoms with E-state index in [4.69, 9.17) is 11.0 Å². The van der Waals surface area contributed by atoms with Gasteiger partial charge in [-0.25, -0.2) is 22.0 Å². The van der Waals surface area contributed by atoms with Crippen LogP contribution in [0.1, 0.15) is 5.69 Å². The first-order valence-electron chi connectivity index (χ1n) is 4.56. The van der Waals surface area contributed by atoms with E-state index in [0.717, 1.165) is 0 Å². The van der Waals surface area contributed by atoms with Gasteiger partial charge in [0, 0.05) is 0 Å². The van der Waals surface area contributed by atoms with Gasteiger partial charge in [0.25, 0.3) is 0 Å². The summed E-state index contributed by atoms with van der Waals surface area (Å²) in [4.78, 5) is 3.24. The molecule has 0 atom stereocenters. The maximum atomic E-state index is 13.4. The number of benzene rings is 1. The normalized spacial score (nSPS) is 10.5. The predicted octanol–water partition coefficient (Wildman–Crippen LogP) is 2.49. The lowest BCUT2D eigenvalue weighted by Gasteiger charge is -2.04. The minimum Gasteiger partial charge on any atom is -0.419 e. The Morgan fingerprint density at radius 2 is 1.42 bits per heavy atom. The van der Waals surface area contributed by atoms with E-state index in [9.17, 15) is 22.0 Å². The van der Waals surface area contributed by atoms with Crippen molar-refractivity contribution in [2.75, 3.05) is 5.73 Å². The first-order valence-corrected chi connectivity index (χ1v) is 4.56. The number of hydrogen-bond donors (Lipinski definition) is 1. The molecule has 0 amide bonds. The summed E-state index contributed by atoms with van der Waals surface area (Å²) in [6.07, 6.45) is 0. The van der Waals surface area contributed by atoms with E-state index in [-0.39, 0.29) is 0 Å². The van der Waals surface area contributed by atoms with E-state index in [0.29, 0.717) is 0 Å². The van der Waals surface area contributed by atoms with Crippen molar-refractivity contribution in [1.29, 1.82) is 5.26 Å². The Hall–Kier alpha value is -2.63. The lowest BCUT2D eigenvalue weighted by Crippen LogP contribution is -2.04. The molecule has 98 valence electrons. The molecule has 2 rings (SSSR count). The third-order valence-electron chi connectivity index (χ3n) is 2.18. The van der Waals surface area contributed by atoms with Crippen LogP contribution in [0.3, 0.4) is 0 Å². The Bertz CT molecular complexity index is 690. The molecule has 0 saturated heterocycles. The topological polar surface area (TPSA) is 75.8 Å². The minimum atomic E-state index is -2.31. The van der Waals surface area contributed by atoms with Gasteiger partial charge in [0.1, 0.15) is 11.6 Å². The van der Waals surface area contributed by atoms with Crippen molar-refractivity contribution in [2.45, 2.75) is 0 Å². The number of rotatable bonds is 1. The summed E-state index contributed by atoms with van der Waals surface area (Å²) in [7, 11) is 0. The molecule has 0 bridgehead atoms. The van der Waals surface area contributed by atoms with Gasteiger partial charge in [-0.2, -0.15) is 10.2 Å². The zero-order valence-corrected chi connectivity index (χ0v) is 8.77. The molecule has 19 heavy (non-hydrogen) atoms. The highest BCUT2D eigenvalue weighted by atomic mass is 19.2. The molecule has 0 aliphatic rings. The van der Waals surface area contributed by atoms with Crippen LogP contribution in [0.2, 0.25) is 0 Å². The SMILES string of the molecule is N#Cc1nc(-c2c(F)c(F)c(F)c(F)c2F)oc1N. The highest BCUT2D eigenvalue weighted by Gasteiger charge is 2.29. The Morgan fingerprint density at radius 3 is 1.84 bits per heavy atom. The molecule has 0 unspecified atom stereocenters. The van der Waals surface area contributed by atoms with Crippen LogP contribution in [0.25, 0.3) is 11.5 Å². The van der Waals surface area contributed by atoms with Gasteiger partial charge in [0.05, 0.1) is 0 Å². The third kappa shape index (κ3) is 1.77. The first kappa shape index (κ1) is 12.8. The van der Waals surface area contributed by atoms with E-state index in [2.05, 4.69) is 9.40 Å². The van der Waals surface area contributed by atoms with E-state index in [1.165, 1.54) is 6.07 Å². The highest BCUT2D eigenvalue weighted by Crippen LogP contribution is 2.32. The fraction of sp³-hybridized carbons (Fsp3) is 0. The van der Waals surface area contributed by atoms with E-state index >= 15 is 0 Å². The van der Waals surface area contributed by atoms with E-state index in [1.807, 2.05) is 0 Å². The van der Waals surface area contributed by atoms with Gasteiger partial charge in [-0.1, -0.05) is 0 Å². The standard InChI is InChI=1S/C10H2F5N3O/c11-4-3(5(12)7(14)8(15)6(4)13)10-18-2(1-16)9(17)19-10/h17H2. The van der Waals surface area contributed by atoms with Crippen molar-refractivity contribution >= 4 is 5.88 Å². The molecule has 0 saturated carbocycles. The Morgan fingerprint density at radius 1 is 0.947 bits per heavy atom. The third-order valence-corrected chi connectivity index (χ3v) is 2.18. The molecule has 0 spiro atoms. The largest absolute Gasteiger partial charge is 0.419 e. The number of oxazole rings is 1. The average Bonchev–Trinajstić information content (AvgIpc) is 2.75. The summed E-state index contributed by atoms with van der Waals surface area (Å²) in [5.41, 5.74) is 3.22. The number of nitriles is 1. The Labute approximate surface area is 101 Å². The summed E-state index contributed by atoms with van der Waals surface area (Å²) >= 11 is 0. The van der Waals surface area contributed by atoms with E-state index < -0.39 is 52.1 Å². The summed E-state index contributed by atoms with van der Waals surface area (Å²) in [5, 5.41) is 8.52. The molecular weight excluding hydrogens is 273 g/mol. The van der Waals surface area contributed by atoms with Crippen LogP contribution in [0.4, 0.5) is 27.8 Å². The van der Waals surface area contributed by atoms with Crippen molar-refractivity contribution in [3.05, 3.63) is 34.8 Å². The van der Waals surface area contributed by atoms with Crippen LogP contribution >= 0.6 is 0 Å². The van der Waals surface area contributed by atoms with Crippen LogP contribution in [-0.4, -0.2) is 4.98 Å².